The summed E-state index contributed by atoms with van der Waals surface area (Å²) in [5, 5.41) is 88.1. The molecule has 0 radical (unpaired) electrons. The van der Waals surface area contributed by atoms with Crippen LogP contribution in [-0.2, 0) is 23.7 Å². The number of hydrogen-bond acceptors (Lipinski definition) is 13. The zero-order chi connectivity index (χ0) is 39.3. The Kier molecular flexibility index (Phi) is 9.50. The summed E-state index contributed by atoms with van der Waals surface area (Å²) in [4.78, 5) is 0. The summed E-state index contributed by atoms with van der Waals surface area (Å²) in [7, 11) is 0. The Hall–Kier alpha value is -0.520. The predicted molar refractivity (Wildman–Crippen MR) is 192 cm³/mol. The Labute approximate surface area is 319 Å². The van der Waals surface area contributed by atoms with Gasteiger partial charge in [0.15, 0.2) is 12.6 Å². The molecule has 310 valence electrons. The van der Waals surface area contributed by atoms with E-state index in [4.69, 9.17) is 23.7 Å². The van der Waals surface area contributed by atoms with Gasteiger partial charge in [0.05, 0.1) is 48.3 Å². The minimum Gasteiger partial charge on any atom is -0.393 e. The topological polar surface area (TPSA) is 208 Å². The fourth-order valence-electron chi connectivity index (χ4n) is 14.8. The van der Waals surface area contributed by atoms with E-state index in [1.807, 2.05) is 0 Å². The van der Waals surface area contributed by atoms with Crippen molar-refractivity contribution < 1.29 is 64.5 Å². The maximum atomic E-state index is 12.4. The van der Waals surface area contributed by atoms with Gasteiger partial charge in [0.25, 0.3) is 0 Å². The first-order valence-electron chi connectivity index (χ1n) is 20.7. The predicted octanol–water partition coefficient (Wildman–Crippen LogP) is 1.75. The quantitative estimate of drug-likeness (QED) is 0.182. The van der Waals surface area contributed by atoms with Crippen LogP contribution in [0.2, 0.25) is 0 Å². The molecule has 5 aliphatic carbocycles. The normalized spacial score (nSPS) is 59.6. The number of rotatable bonds is 6. The van der Waals surface area contributed by atoms with E-state index in [2.05, 4.69) is 34.6 Å². The summed E-state index contributed by atoms with van der Waals surface area (Å²) in [6.07, 6.45) is -6.31. The second-order valence-corrected chi connectivity index (χ2v) is 21.0. The van der Waals surface area contributed by atoms with E-state index >= 15 is 0 Å². The molecule has 8 fully saturated rings. The van der Waals surface area contributed by atoms with Gasteiger partial charge in [0, 0.05) is 5.92 Å². The summed E-state index contributed by atoms with van der Waals surface area (Å²) < 4.78 is 31.1. The summed E-state index contributed by atoms with van der Waals surface area (Å²) in [6, 6.07) is 0. The van der Waals surface area contributed by atoms with Crippen LogP contribution in [0.25, 0.3) is 0 Å². The third kappa shape index (κ3) is 5.43. The van der Waals surface area contributed by atoms with Crippen molar-refractivity contribution in [2.24, 2.45) is 44.8 Å². The number of ether oxygens (including phenoxy) is 5. The van der Waals surface area contributed by atoms with Crippen LogP contribution in [0.5, 0.6) is 0 Å². The van der Waals surface area contributed by atoms with Crippen LogP contribution in [0.15, 0.2) is 0 Å². The minimum atomic E-state index is -1.61. The Morgan fingerprint density at radius 1 is 0.685 bits per heavy atom. The lowest BCUT2D eigenvalue weighted by Gasteiger charge is -2.64. The van der Waals surface area contributed by atoms with Gasteiger partial charge in [0.1, 0.15) is 36.6 Å². The van der Waals surface area contributed by atoms with Crippen molar-refractivity contribution in [1.82, 2.24) is 0 Å². The lowest BCUT2D eigenvalue weighted by Crippen LogP contribution is -2.64. The van der Waals surface area contributed by atoms with Crippen LogP contribution in [-0.4, -0.2) is 138 Å². The number of fused-ring (bicyclic) bond motifs is 2. The zero-order valence-corrected chi connectivity index (χ0v) is 33.4. The SMILES string of the molecule is CC1OC(OC2C(OC3CCC45CC46CCC4(C)C(C7(C)CCC(C(C)(C)O)O7)C(O)CC4(C)C6CC(O)C5C3(C)C)OCC(O)C2O)C(O)C(O)C1O. The van der Waals surface area contributed by atoms with Gasteiger partial charge in [0.2, 0.25) is 0 Å². The molecule has 3 aliphatic heterocycles. The third-order valence-electron chi connectivity index (χ3n) is 17.6. The monoisotopic (exact) mass is 768 g/mol. The van der Waals surface area contributed by atoms with Crippen LogP contribution in [0, 0.1) is 44.8 Å². The van der Waals surface area contributed by atoms with Gasteiger partial charge in [-0.2, -0.15) is 0 Å². The van der Waals surface area contributed by atoms with E-state index in [9.17, 15) is 40.9 Å². The second-order valence-electron chi connectivity index (χ2n) is 21.0. The van der Waals surface area contributed by atoms with Gasteiger partial charge in [-0.05, 0) is 124 Å². The lowest BCUT2D eigenvalue weighted by molar-refractivity contribution is -0.364. The minimum absolute atomic E-state index is 0.0406. The molecule has 0 aromatic carbocycles. The van der Waals surface area contributed by atoms with Crippen LogP contribution in [0.3, 0.4) is 0 Å². The van der Waals surface area contributed by atoms with Crippen LogP contribution < -0.4 is 0 Å². The molecule has 0 amide bonds. The molecule has 5 saturated carbocycles. The van der Waals surface area contributed by atoms with E-state index in [0.29, 0.717) is 19.3 Å². The van der Waals surface area contributed by atoms with Gasteiger partial charge >= 0.3 is 0 Å². The van der Waals surface area contributed by atoms with Gasteiger partial charge in [-0.25, -0.2) is 0 Å². The van der Waals surface area contributed by atoms with E-state index in [1.54, 1.807) is 13.8 Å². The first-order chi connectivity index (χ1) is 25.0. The average Bonchev–Trinajstić information content (AvgIpc) is 3.43. The summed E-state index contributed by atoms with van der Waals surface area (Å²) in [5.41, 5.74) is -2.51. The molecule has 3 saturated heterocycles. The van der Waals surface area contributed by atoms with E-state index in [-0.39, 0.29) is 52.1 Å². The molecule has 0 aromatic heterocycles. The average molecular weight is 769 g/mol. The first kappa shape index (κ1) is 40.3. The summed E-state index contributed by atoms with van der Waals surface area (Å²) in [5.74, 6) is 0.0751. The molecule has 54 heavy (non-hydrogen) atoms. The van der Waals surface area contributed by atoms with Crippen LogP contribution in [0.1, 0.15) is 113 Å². The molecule has 3 heterocycles. The van der Waals surface area contributed by atoms with Gasteiger partial charge in [-0.15, -0.1) is 0 Å². The second kappa shape index (κ2) is 12.7. The number of aliphatic hydroxyl groups excluding tert-OH is 7. The highest BCUT2D eigenvalue weighted by molar-refractivity contribution is 5.33. The molecule has 0 aromatic rings. The van der Waals surface area contributed by atoms with Crippen molar-refractivity contribution in [3.05, 3.63) is 0 Å². The molecule has 2 spiro atoms. The van der Waals surface area contributed by atoms with E-state index in [0.717, 1.165) is 38.5 Å². The fourth-order valence-corrected chi connectivity index (χ4v) is 14.8. The van der Waals surface area contributed by atoms with E-state index in [1.165, 1.54) is 6.92 Å². The third-order valence-corrected chi connectivity index (χ3v) is 17.6. The molecule has 13 heteroatoms. The largest absolute Gasteiger partial charge is 0.393 e. The summed E-state index contributed by atoms with van der Waals surface area (Å²) in [6.45, 7) is 16.1. The van der Waals surface area contributed by atoms with Crippen molar-refractivity contribution in [3.8, 4) is 0 Å². The zero-order valence-electron chi connectivity index (χ0n) is 33.4. The van der Waals surface area contributed by atoms with Gasteiger partial charge in [-0.1, -0.05) is 27.7 Å². The van der Waals surface area contributed by atoms with Gasteiger partial charge in [-0.3, -0.25) is 0 Å². The Balaban J connectivity index is 1.02. The van der Waals surface area contributed by atoms with Crippen molar-refractivity contribution in [3.63, 3.8) is 0 Å². The molecule has 21 atom stereocenters. The van der Waals surface area contributed by atoms with Crippen molar-refractivity contribution in [2.75, 3.05) is 6.61 Å². The highest BCUT2D eigenvalue weighted by Crippen LogP contribution is 2.89. The molecule has 13 nitrogen and oxygen atoms in total. The molecule has 0 bridgehead atoms. The number of aliphatic hydroxyl groups is 8. The Morgan fingerprint density at radius 2 is 1.39 bits per heavy atom. The highest BCUT2D eigenvalue weighted by Gasteiger charge is 2.85. The molecule has 21 unspecified atom stereocenters. The van der Waals surface area contributed by atoms with Crippen LogP contribution >= 0.6 is 0 Å². The van der Waals surface area contributed by atoms with Gasteiger partial charge < -0.3 is 64.5 Å². The molecule has 8 N–H and O–H groups in total. The maximum Gasteiger partial charge on any atom is 0.187 e. The van der Waals surface area contributed by atoms with E-state index < -0.39 is 90.2 Å². The fraction of sp³-hybridized carbons (Fsp3) is 1.00. The van der Waals surface area contributed by atoms with Crippen molar-refractivity contribution in [1.29, 1.82) is 0 Å². The smallest absolute Gasteiger partial charge is 0.187 e. The maximum absolute atomic E-state index is 12.4. The molecular weight excluding hydrogens is 700 g/mol. The highest BCUT2D eigenvalue weighted by atomic mass is 16.8. The summed E-state index contributed by atoms with van der Waals surface area (Å²) >= 11 is 0. The molecular formula is C41H68O13. The van der Waals surface area contributed by atoms with Crippen molar-refractivity contribution in [2.45, 2.75) is 204 Å². The number of hydrogen-bond donors (Lipinski definition) is 8. The van der Waals surface area contributed by atoms with Crippen LogP contribution in [0.4, 0.5) is 0 Å². The molecule has 8 rings (SSSR count). The Morgan fingerprint density at radius 3 is 2.06 bits per heavy atom. The first-order valence-corrected chi connectivity index (χ1v) is 20.7. The lowest BCUT2D eigenvalue weighted by atomic mass is 9.41. The standard InChI is InChI=1S/C41H68O13/c1-19-26(45)28(47)29(48)33(51-19)53-30-27(46)22(44)17-50-34(30)52-24-10-12-41-18-40(41)14-13-37(6)32(39(8)11-9-25(54-39)36(4,5)49)21(43)16-38(37,7)23(40)15-20(42)31(41)35(24,2)3/h19-34,42-49H,9-18H2,1-8H3. The molecule has 8 aliphatic rings. The Bertz CT molecular complexity index is 1440. The van der Waals surface area contributed by atoms with Crippen molar-refractivity contribution >= 4 is 0 Å².